The van der Waals surface area contributed by atoms with Crippen LogP contribution in [-0.4, -0.2) is 12.1 Å². The van der Waals surface area contributed by atoms with Gasteiger partial charge < -0.3 is 10.1 Å². The lowest BCUT2D eigenvalue weighted by molar-refractivity contribution is 0.243. The van der Waals surface area contributed by atoms with Gasteiger partial charge in [-0.2, -0.15) is 0 Å². The number of ether oxygens (including phenoxy) is 1. The first-order valence-corrected chi connectivity index (χ1v) is 6.26. The third-order valence-corrected chi connectivity index (χ3v) is 2.46. The smallest absolute Gasteiger partial charge is 0.142 e. The van der Waals surface area contributed by atoms with Crippen LogP contribution in [0.15, 0.2) is 36.9 Å². The summed E-state index contributed by atoms with van der Waals surface area (Å²) in [6.07, 6.45) is 4.26. The van der Waals surface area contributed by atoms with Gasteiger partial charge in [-0.15, -0.1) is 6.58 Å². The molecule has 0 aliphatic heterocycles. The lowest BCUT2D eigenvalue weighted by Gasteiger charge is -2.19. The van der Waals surface area contributed by atoms with E-state index in [0.717, 1.165) is 24.3 Å². The molecule has 0 radical (unpaired) electrons. The second-order valence-electron chi connectivity index (χ2n) is 4.57. The number of hydrogen-bond donors (Lipinski definition) is 1. The molecule has 94 valence electrons. The Balaban J connectivity index is 2.65. The van der Waals surface area contributed by atoms with E-state index in [1.165, 1.54) is 0 Å². The molecule has 1 aromatic carbocycles. The van der Waals surface area contributed by atoms with Crippen molar-refractivity contribution >= 4 is 5.69 Å². The lowest BCUT2D eigenvalue weighted by atomic mass is 10.1. The zero-order valence-electron chi connectivity index (χ0n) is 11.1. The summed E-state index contributed by atoms with van der Waals surface area (Å²) >= 11 is 0. The second kappa shape index (κ2) is 7.00. The number of rotatable bonds is 7. The minimum absolute atomic E-state index is 0.196. The summed E-state index contributed by atoms with van der Waals surface area (Å²) in [6.45, 7) is 10.00. The van der Waals surface area contributed by atoms with E-state index in [-0.39, 0.29) is 6.10 Å². The van der Waals surface area contributed by atoms with Crippen LogP contribution in [0, 0.1) is 0 Å². The highest BCUT2D eigenvalue weighted by Crippen LogP contribution is 2.26. The Kier molecular flexibility index (Phi) is 5.61. The first kappa shape index (κ1) is 13.6. The van der Waals surface area contributed by atoms with Gasteiger partial charge in [-0.1, -0.05) is 18.2 Å². The van der Waals surface area contributed by atoms with Crippen molar-refractivity contribution in [3.8, 4) is 5.75 Å². The molecule has 0 aliphatic carbocycles. The van der Waals surface area contributed by atoms with Crippen molar-refractivity contribution in [3.05, 3.63) is 36.9 Å². The summed E-state index contributed by atoms with van der Waals surface area (Å²) in [5.41, 5.74) is 1.07. The average Bonchev–Trinajstić information content (AvgIpc) is 2.28. The van der Waals surface area contributed by atoms with Crippen LogP contribution in [-0.2, 0) is 0 Å². The molecule has 0 saturated carbocycles. The van der Waals surface area contributed by atoms with Crippen molar-refractivity contribution in [2.45, 2.75) is 45.8 Å². The number of anilines is 1. The van der Waals surface area contributed by atoms with Crippen molar-refractivity contribution in [1.82, 2.24) is 0 Å². The van der Waals surface area contributed by atoms with E-state index in [1.807, 2.05) is 38.1 Å². The van der Waals surface area contributed by atoms with Crippen LogP contribution >= 0.6 is 0 Å². The highest BCUT2D eigenvalue weighted by atomic mass is 16.5. The van der Waals surface area contributed by atoms with Crippen molar-refractivity contribution < 1.29 is 4.74 Å². The first-order valence-electron chi connectivity index (χ1n) is 6.26. The molecule has 0 spiro atoms. The van der Waals surface area contributed by atoms with Gasteiger partial charge in [0.05, 0.1) is 11.8 Å². The number of nitrogens with one attached hydrogen (secondary N) is 1. The molecule has 1 unspecified atom stereocenters. The van der Waals surface area contributed by atoms with Gasteiger partial charge in [-0.3, -0.25) is 0 Å². The van der Waals surface area contributed by atoms with Gasteiger partial charge in [-0.25, -0.2) is 0 Å². The van der Waals surface area contributed by atoms with Crippen LogP contribution in [0.5, 0.6) is 5.75 Å². The molecule has 0 heterocycles. The largest absolute Gasteiger partial charge is 0.489 e. The van der Waals surface area contributed by atoms with E-state index in [1.54, 1.807) is 0 Å². The predicted molar refractivity (Wildman–Crippen MR) is 74.7 cm³/mol. The third kappa shape index (κ3) is 4.94. The maximum absolute atomic E-state index is 5.77. The Morgan fingerprint density at radius 3 is 2.65 bits per heavy atom. The molecule has 0 amide bonds. The minimum Gasteiger partial charge on any atom is -0.489 e. The lowest BCUT2D eigenvalue weighted by Crippen LogP contribution is -2.16. The van der Waals surface area contributed by atoms with Crippen LogP contribution in [0.3, 0.4) is 0 Å². The Morgan fingerprint density at radius 2 is 2.00 bits per heavy atom. The van der Waals surface area contributed by atoms with E-state index >= 15 is 0 Å². The molecule has 0 aromatic heterocycles. The van der Waals surface area contributed by atoms with Crippen LogP contribution in [0.1, 0.15) is 33.6 Å². The Hall–Kier alpha value is -1.44. The molecule has 0 bridgehead atoms. The number of hydrogen-bond acceptors (Lipinski definition) is 2. The predicted octanol–water partition coefficient (Wildman–Crippen LogP) is 4.24. The molecular weight excluding hydrogens is 210 g/mol. The van der Waals surface area contributed by atoms with Crippen molar-refractivity contribution in [2.75, 3.05) is 5.32 Å². The van der Waals surface area contributed by atoms with Crippen LogP contribution in [0.25, 0.3) is 0 Å². The fraction of sp³-hybridized carbons (Fsp3) is 0.467. The molecule has 1 atom stereocenters. The fourth-order valence-corrected chi connectivity index (χ4v) is 1.65. The summed E-state index contributed by atoms with van der Waals surface area (Å²) in [6, 6.07) is 8.50. The second-order valence-corrected chi connectivity index (χ2v) is 4.57. The Morgan fingerprint density at radius 1 is 1.29 bits per heavy atom. The zero-order chi connectivity index (χ0) is 12.7. The number of para-hydroxylation sites is 2. The van der Waals surface area contributed by atoms with Gasteiger partial charge in [0.1, 0.15) is 5.75 Å². The molecule has 1 N–H and O–H groups in total. The first-order chi connectivity index (χ1) is 8.13. The van der Waals surface area contributed by atoms with E-state index in [4.69, 9.17) is 4.74 Å². The monoisotopic (exact) mass is 233 g/mol. The molecule has 17 heavy (non-hydrogen) atoms. The third-order valence-electron chi connectivity index (χ3n) is 2.46. The number of benzene rings is 1. The molecule has 2 nitrogen and oxygen atoms in total. The van der Waals surface area contributed by atoms with Gasteiger partial charge in [0.2, 0.25) is 0 Å². The van der Waals surface area contributed by atoms with E-state index < -0.39 is 0 Å². The Bertz CT molecular complexity index is 347. The fourth-order valence-electron chi connectivity index (χ4n) is 1.65. The molecule has 0 aliphatic rings. The summed E-state index contributed by atoms with van der Waals surface area (Å²) < 4.78 is 5.77. The normalized spacial score (nSPS) is 12.2. The van der Waals surface area contributed by atoms with Crippen LogP contribution < -0.4 is 10.1 Å². The van der Waals surface area contributed by atoms with Gasteiger partial charge in [0.15, 0.2) is 0 Å². The summed E-state index contributed by atoms with van der Waals surface area (Å²) in [4.78, 5) is 0. The quantitative estimate of drug-likeness (QED) is 0.711. The maximum Gasteiger partial charge on any atom is 0.142 e. The molecule has 2 heteroatoms. The molecule has 1 rings (SSSR count). The molecule has 1 aromatic rings. The average molecular weight is 233 g/mol. The topological polar surface area (TPSA) is 21.3 Å². The highest BCUT2D eigenvalue weighted by Gasteiger charge is 2.07. The number of allylic oxidation sites excluding steroid dienone is 1. The van der Waals surface area contributed by atoms with E-state index in [9.17, 15) is 0 Å². The minimum atomic E-state index is 0.196. The van der Waals surface area contributed by atoms with Crippen molar-refractivity contribution in [3.63, 3.8) is 0 Å². The van der Waals surface area contributed by atoms with Crippen LogP contribution in [0.2, 0.25) is 0 Å². The maximum atomic E-state index is 5.77. The molecule has 0 saturated heterocycles. The highest BCUT2D eigenvalue weighted by molar-refractivity contribution is 5.56. The van der Waals surface area contributed by atoms with E-state index in [2.05, 4.69) is 24.9 Å². The van der Waals surface area contributed by atoms with Gasteiger partial charge in [-0.05, 0) is 45.7 Å². The zero-order valence-corrected chi connectivity index (χ0v) is 11.1. The van der Waals surface area contributed by atoms with E-state index in [0.29, 0.717) is 6.04 Å². The SMILES string of the molecule is C=CCCC(C)Nc1ccccc1OC(C)C. The summed E-state index contributed by atoms with van der Waals surface area (Å²) in [5, 5.41) is 3.48. The van der Waals surface area contributed by atoms with Crippen molar-refractivity contribution in [2.24, 2.45) is 0 Å². The molecular formula is C15H23NO. The van der Waals surface area contributed by atoms with Gasteiger partial charge >= 0.3 is 0 Å². The van der Waals surface area contributed by atoms with Crippen LogP contribution in [0.4, 0.5) is 5.69 Å². The summed E-state index contributed by atoms with van der Waals surface area (Å²) in [7, 11) is 0. The molecule has 0 fully saturated rings. The van der Waals surface area contributed by atoms with Gasteiger partial charge in [0, 0.05) is 6.04 Å². The summed E-state index contributed by atoms with van der Waals surface area (Å²) in [5.74, 6) is 0.924. The van der Waals surface area contributed by atoms with Crippen molar-refractivity contribution in [1.29, 1.82) is 0 Å². The Labute approximate surface area is 105 Å². The van der Waals surface area contributed by atoms with Gasteiger partial charge in [0.25, 0.3) is 0 Å². The standard InChI is InChI=1S/C15H23NO/c1-5-6-9-13(4)16-14-10-7-8-11-15(14)17-12(2)3/h5,7-8,10-13,16H,1,6,9H2,2-4H3.